The number of carbonyl (C=O) groups excluding carboxylic acids is 2. The zero-order valence-corrected chi connectivity index (χ0v) is 17.9. The molecule has 0 atom stereocenters. The van der Waals surface area contributed by atoms with E-state index in [1.165, 1.54) is 0 Å². The van der Waals surface area contributed by atoms with Gasteiger partial charge in [0, 0.05) is 17.4 Å². The van der Waals surface area contributed by atoms with Gasteiger partial charge in [0.25, 0.3) is 5.91 Å². The Morgan fingerprint density at radius 3 is 2.27 bits per heavy atom. The largest absolute Gasteiger partial charge is 0.354 e. The molecule has 0 unspecified atom stereocenters. The lowest BCUT2D eigenvalue weighted by atomic mass is 10.1. The average Bonchev–Trinajstić information content (AvgIpc) is 2.96. The number of hydrogen-bond acceptors (Lipinski definition) is 3. The highest BCUT2D eigenvalue weighted by Crippen LogP contribution is 2.18. The zero-order chi connectivity index (χ0) is 21.7. The van der Waals surface area contributed by atoms with Crippen LogP contribution in [0.4, 0.5) is 5.69 Å². The number of hydrogen-bond donors (Lipinski definition) is 2. The van der Waals surface area contributed by atoms with Gasteiger partial charge in [-0.05, 0) is 51.0 Å². The Balaban J connectivity index is 1.68. The Bertz CT molecular complexity index is 1020. The van der Waals surface area contributed by atoms with Crippen molar-refractivity contribution in [1.82, 2.24) is 15.1 Å². The quantitative estimate of drug-likeness (QED) is 0.628. The molecule has 0 aliphatic carbocycles. The van der Waals surface area contributed by atoms with E-state index in [1.807, 2.05) is 87.0 Å². The van der Waals surface area contributed by atoms with E-state index in [1.54, 1.807) is 0 Å². The molecule has 0 aliphatic heterocycles. The average molecular weight is 405 g/mol. The van der Waals surface area contributed by atoms with Gasteiger partial charge in [-0.25, -0.2) is 0 Å². The predicted molar refractivity (Wildman–Crippen MR) is 119 cm³/mol. The molecule has 0 radical (unpaired) electrons. The van der Waals surface area contributed by atoms with Gasteiger partial charge in [0.15, 0.2) is 0 Å². The van der Waals surface area contributed by atoms with Crippen LogP contribution in [0.15, 0.2) is 54.6 Å². The zero-order valence-electron chi connectivity index (χ0n) is 17.9. The molecule has 0 aliphatic rings. The van der Waals surface area contributed by atoms with Gasteiger partial charge < -0.3 is 10.6 Å². The molecule has 0 saturated carbocycles. The van der Waals surface area contributed by atoms with Crippen LogP contribution in [0.25, 0.3) is 0 Å². The number of aryl methyl sites for hydroxylation is 1. The Kier molecular flexibility index (Phi) is 6.67. The summed E-state index contributed by atoms with van der Waals surface area (Å²) in [5.74, 6) is -0.200. The first-order chi connectivity index (χ1) is 14.3. The van der Waals surface area contributed by atoms with Crippen molar-refractivity contribution in [2.45, 2.75) is 46.7 Å². The second-order valence-electron chi connectivity index (χ2n) is 7.74. The minimum Gasteiger partial charge on any atom is -0.354 e. The Morgan fingerprint density at radius 2 is 1.63 bits per heavy atom. The second kappa shape index (κ2) is 9.39. The smallest absolute Gasteiger partial charge is 0.259 e. The fraction of sp³-hybridized carbons (Fsp3) is 0.292. The number of aromatic nitrogens is 2. The van der Waals surface area contributed by atoms with Gasteiger partial charge >= 0.3 is 0 Å². The van der Waals surface area contributed by atoms with Gasteiger partial charge in [-0.1, -0.05) is 42.5 Å². The molecule has 0 spiro atoms. The van der Waals surface area contributed by atoms with Crippen molar-refractivity contribution in [1.29, 1.82) is 0 Å². The lowest BCUT2D eigenvalue weighted by molar-refractivity contribution is -0.120. The summed E-state index contributed by atoms with van der Waals surface area (Å²) in [5, 5.41) is 10.4. The van der Waals surface area contributed by atoms with Crippen LogP contribution in [0, 0.1) is 13.8 Å². The van der Waals surface area contributed by atoms with Gasteiger partial charge in [0.1, 0.15) is 0 Å². The van der Waals surface area contributed by atoms with Crippen molar-refractivity contribution < 1.29 is 9.59 Å². The first kappa shape index (κ1) is 21.3. The number of rotatable bonds is 7. The topological polar surface area (TPSA) is 76.0 Å². The van der Waals surface area contributed by atoms with Gasteiger partial charge in [0.2, 0.25) is 5.91 Å². The maximum Gasteiger partial charge on any atom is 0.259 e. The second-order valence-corrected chi connectivity index (χ2v) is 7.74. The van der Waals surface area contributed by atoms with Crippen LogP contribution in [-0.4, -0.2) is 27.6 Å². The molecule has 6 nitrogen and oxygen atoms in total. The van der Waals surface area contributed by atoms with E-state index in [2.05, 4.69) is 15.7 Å². The third kappa shape index (κ3) is 5.35. The third-order valence-corrected chi connectivity index (χ3v) is 4.81. The molecule has 1 heterocycles. The molecule has 3 aromatic rings. The molecule has 2 aromatic carbocycles. The van der Waals surface area contributed by atoms with Gasteiger partial charge in [-0.15, -0.1) is 0 Å². The highest BCUT2D eigenvalue weighted by atomic mass is 16.2. The number of nitrogens with zero attached hydrogens (tertiary/aromatic N) is 2. The summed E-state index contributed by atoms with van der Waals surface area (Å²) in [4.78, 5) is 24.8. The van der Waals surface area contributed by atoms with Gasteiger partial charge in [-0.3, -0.25) is 14.3 Å². The highest BCUT2D eigenvalue weighted by Gasteiger charge is 2.19. The molecule has 0 saturated heterocycles. The van der Waals surface area contributed by atoms with Crippen molar-refractivity contribution in [3.8, 4) is 0 Å². The lowest BCUT2D eigenvalue weighted by Crippen LogP contribution is -2.31. The molecular weight excluding hydrogens is 376 g/mol. The number of amides is 2. The Morgan fingerprint density at radius 1 is 0.967 bits per heavy atom. The molecule has 30 heavy (non-hydrogen) atoms. The normalized spacial score (nSPS) is 10.8. The first-order valence-corrected chi connectivity index (χ1v) is 10.1. The van der Waals surface area contributed by atoms with Crippen molar-refractivity contribution in [2.24, 2.45) is 0 Å². The summed E-state index contributed by atoms with van der Waals surface area (Å²) in [6.45, 7) is 8.24. The Hall–Kier alpha value is -3.41. The van der Waals surface area contributed by atoms with Gasteiger partial charge in [-0.2, -0.15) is 5.10 Å². The summed E-state index contributed by atoms with van der Waals surface area (Å²) in [5.41, 5.74) is 4.83. The van der Waals surface area contributed by atoms with E-state index in [0.29, 0.717) is 29.9 Å². The van der Waals surface area contributed by atoms with Crippen molar-refractivity contribution in [3.63, 3.8) is 0 Å². The van der Waals surface area contributed by atoms with Crippen molar-refractivity contribution in [3.05, 3.63) is 82.7 Å². The molecule has 2 amide bonds. The van der Waals surface area contributed by atoms with E-state index in [-0.39, 0.29) is 17.9 Å². The Labute approximate surface area is 177 Å². The molecular formula is C24H28N4O2. The number of benzene rings is 2. The van der Waals surface area contributed by atoms with Crippen molar-refractivity contribution >= 4 is 17.5 Å². The lowest BCUT2D eigenvalue weighted by Gasteiger charge is -2.10. The van der Waals surface area contributed by atoms with Crippen LogP contribution in [0.3, 0.4) is 0 Å². The SMILES string of the molecule is Cc1nn(Cc2ccccc2)c(C)c1C(=O)Nc1ccc(CC(=O)NC(C)C)cc1. The van der Waals surface area contributed by atoms with Crippen LogP contribution >= 0.6 is 0 Å². The van der Waals surface area contributed by atoms with E-state index in [0.717, 1.165) is 16.8 Å². The summed E-state index contributed by atoms with van der Waals surface area (Å²) in [7, 11) is 0. The fourth-order valence-corrected chi connectivity index (χ4v) is 3.39. The molecule has 156 valence electrons. The molecule has 2 N–H and O–H groups in total. The summed E-state index contributed by atoms with van der Waals surface area (Å²) < 4.78 is 1.86. The summed E-state index contributed by atoms with van der Waals surface area (Å²) in [6.07, 6.45) is 0.316. The van der Waals surface area contributed by atoms with E-state index >= 15 is 0 Å². The van der Waals surface area contributed by atoms with Crippen molar-refractivity contribution in [2.75, 3.05) is 5.32 Å². The van der Waals surface area contributed by atoms with E-state index in [9.17, 15) is 9.59 Å². The molecule has 3 rings (SSSR count). The van der Waals surface area contributed by atoms with Crippen LogP contribution in [0.2, 0.25) is 0 Å². The third-order valence-electron chi connectivity index (χ3n) is 4.81. The monoisotopic (exact) mass is 404 g/mol. The minimum atomic E-state index is -0.186. The standard InChI is InChI=1S/C24H28N4O2/c1-16(2)25-22(29)14-19-10-12-21(13-11-19)26-24(30)23-17(3)27-28(18(23)4)15-20-8-6-5-7-9-20/h5-13,16H,14-15H2,1-4H3,(H,25,29)(H,26,30). The molecule has 0 fully saturated rings. The minimum absolute atomic E-state index is 0.0149. The highest BCUT2D eigenvalue weighted by molar-refractivity contribution is 6.05. The predicted octanol–water partition coefficient (Wildman–Crippen LogP) is 3.87. The maximum atomic E-state index is 12.9. The molecule has 0 bridgehead atoms. The first-order valence-electron chi connectivity index (χ1n) is 10.1. The van der Waals surface area contributed by atoms with E-state index in [4.69, 9.17) is 0 Å². The fourth-order valence-electron chi connectivity index (χ4n) is 3.39. The van der Waals surface area contributed by atoms with Crippen LogP contribution in [0.1, 0.15) is 46.7 Å². The van der Waals surface area contributed by atoms with Crippen LogP contribution in [-0.2, 0) is 17.8 Å². The number of nitrogens with one attached hydrogen (secondary N) is 2. The van der Waals surface area contributed by atoms with Crippen LogP contribution < -0.4 is 10.6 Å². The van der Waals surface area contributed by atoms with Gasteiger partial charge in [0.05, 0.1) is 24.2 Å². The maximum absolute atomic E-state index is 12.9. The number of carbonyl (C=O) groups is 2. The van der Waals surface area contributed by atoms with E-state index < -0.39 is 0 Å². The summed E-state index contributed by atoms with van der Waals surface area (Å²) in [6, 6.07) is 17.5. The summed E-state index contributed by atoms with van der Waals surface area (Å²) >= 11 is 0. The molecule has 6 heteroatoms. The number of anilines is 1. The van der Waals surface area contributed by atoms with Crippen LogP contribution in [0.5, 0.6) is 0 Å². The molecule has 1 aromatic heterocycles.